The Morgan fingerprint density at radius 2 is 2.16 bits per heavy atom. The van der Waals surface area contributed by atoms with Crippen molar-refractivity contribution in [2.45, 2.75) is 19.3 Å². The molecule has 0 aliphatic carbocycles. The number of aromatic amines is 1. The largest absolute Gasteiger partial charge is 0.493 e. The maximum atomic E-state index is 12.1. The molecule has 25 heavy (non-hydrogen) atoms. The monoisotopic (exact) mass is 343 g/mol. The van der Waals surface area contributed by atoms with E-state index in [1.54, 1.807) is 6.07 Å². The van der Waals surface area contributed by atoms with E-state index in [1.807, 2.05) is 18.2 Å². The van der Waals surface area contributed by atoms with Crippen molar-refractivity contribution in [3.63, 3.8) is 0 Å². The van der Waals surface area contributed by atoms with Crippen LogP contribution in [-0.2, 0) is 0 Å². The number of guanidine groups is 1. The Bertz CT molecular complexity index is 762. The molecule has 1 aliphatic rings. The van der Waals surface area contributed by atoms with Crippen LogP contribution in [0.1, 0.15) is 29.8 Å². The van der Waals surface area contributed by atoms with Crippen molar-refractivity contribution in [1.82, 2.24) is 15.2 Å². The second-order valence-electron chi connectivity index (χ2n) is 6.25. The van der Waals surface area contributed by atoms with Gasteiger partial charge in [0.2, 0.25) is 0 Å². The number of nitrogens with two attached hydrogens (primary N) is 1. The fourth-order valence-corrected chi connectivity index (χ4v) is 3.04. The second kappa shape index (κ2) is 8.02. The molecule has 2 aromatic rings. The van der Waals surface area contributed by atoms with Gasteiger partial charge in [-0.25, -0.2) is 0 Å². The highest BCUT2D eigenvalue weighted by Crippen LogP contribution is 2.21. The van der Waals surface area contributed by atoms with Crippen molar-refractivity contribution >= 4 is 22.8 Å². The summed E-state index contributed by atoms with van der Waals surface area (Å²) in [7, 11) is 1.52. The van der Waals surface area contributed by atoms with Gasteiger partial charge in [-0.3, -0.25) is 15.1 Å². The minimum atomic E-state index is -0.313. The third-order valence-corrected chi connectivity index (χ3v) is 4.41. The van der Waals surface area contributed by atoms with E-state index >= 15 is 0 Å². The lowest BCUT2D eigenvalue weighted by atomic mass is 10.2. The number of aliphatic imine (C=N–C) groups is 1. The van der Waals surface area contributed by atoms with Gasteiger partial charge in [-0.1, -0.05) is 0 Å². The van der Waals surface area contributed by atoms with Crippen molar-refractivity contribution in [2.24, 2.45) is 10.7 Å². The van der Waals surface area contributed by atoms with Crippen molar-refractivity contribution in [3.8, 4) is 5.75 Å². The molecule has 0 spiro atoms. The lowest BCUT2D eigenvalue weighted by Gasteiger charge is -2.14. The van der Waals surface area contributed by atoms with Gasteiger partial charge in [0.1, 0.15) is 11.4 Å². The molecule has 2 heterocycles. The van der Waals surface area contributed by atoms with E-state index in [0.29, 0.717) is 12.3 Å². The molecule has 1 saturated heterocycles. The van der Waals surface area contributed by atoms with E-state index in [1.165, 1.54) is 33.0 Å². The maximum absolute atomic E-state index is 12.1. The van der Waals surface area contributed by atoms with Gasteiger partial charge >= 0.3 is 0 Å². The van der Waals surface area contributed by atoms with Gasteiger partial charge in [-0.05, 0) is 50.6 Å². The fraction of sp³-hybridized carbons (Fsp3) is 0.444. The summed E-state index contributed by atoms with van der Waals surface area (Å²) < 4.78 is 5.84. The Balaban J connectivity index is 1.57. The Labute approximate surface area is 147 Å². The molecule has 1 amide bonds. The third-order valence-electron chi connectivity index (χ3n) is 4.41. The van der Waals surface area contributed by atoms with E-state index in [0.717, 1.165) is 29.6 Å². The van der Waals surface area contributed by atoms with Crippen LogP contribution in [0.2, 0.25) is 0 Å². The summed E-state index contributed by atoms with van der Waals surface area (Å²) in [5.41, 5.74) is 6.82. The number of rotatable bonds is 6. The Morgan fingerprint density at radius 3 is 2.92 bits per heavy atom. The zero-order chi connectivity index (χ0) is 17.6. The van der Waals surface area contributed by atoms with Crippen molar-refractivity contribution < 1.29 is 9.53 Å². The minimum absolute atomic E-state index is 0.0886. The number of ether oxygens (including phenoxy) is 1. The topological polar surface area (TPSA) is 95.7 Å². The fourth-order valence-electron chi connectivity index (χ4n) is 3.04. The Hall–Kier alpha value is -2.54. The highest BCUT2D eigenvalue weighted by molar-refractivity contribution is 6.06. The van der Waals surface area contributed by atoms with E-state index in [4.69, 9.17) is 10.5 Å². The summed E-state index contributed by atoms with van der Waals surface area (Å²) in [6.07, 6.45) is 3.65. The normalized spacial score (nSPS) is 15.6. The van der Waals surface area contributed by atoms with Gasteiger partial charge in [0, 0.05) is 30.6 Å². The first-order chi connectivity index (χ1) is 12.2. The molecule has 0 unspecified atom stereocenters. The van der Waals surface area contributed by atoms with Crippen LogP contribution in [0.15, 0.2) is 29.3 Å². The van der Waals surface area contributed by atoms with Crippen LogP contribution in [0, 0.1) is 0 Å². The molecule has 1 fully saturated rings. The Kier molecular flexibility index (Phi) is 5.55. The number of H-pyrrole nitrogens is 1. The number of carbonyl (C=O) groups is 1. The van der Waals surface area contributed by atoms with E-state index < -0.39 is 0 Å². The molecule has 3 rings (SSSR count). The smallest absolute Gasteiger partial charge is 0.274 e. The average Bonchev–Trinajstić information content (AvgIpc) is 3.27. The van der Waals surface area contributed by atoms with Gasteiger partial charge in [-0.15, -0.1) is 0 Å². The van der Waals surface area contributed by atoms with E-state index in [9.17, 15) is 4.79 Å². The lowest BCUT2D eigenvalue weighted by Crippen LogP contribution is -2.36. The highest BCUT2D eigenvalue weighted by Gasteiger charge is 2.12. The minimum Gasteiger partial charge on any atom is -0.493 e. The number of carbonyl (C=O) groups excluding carboxylic acids is 1. The molecular formula is C18H25N5O2. The number of fused-ring (bicyclic) bond motifs is 1. The number of amides is 1. The second-order valence-corrected chi connectivity index (χ2v) is 6.25. The van der Waals surface area contributed by atoms with Crippen LogP contribution in [0.25, 0.3) is 10.9 Å². The third kappa shape index (κ3) is 4.51. The zero-order valence-electron chi connectivity index (χ0n) is 14.5. The number of hydrogen-bond donors (Lipinski definition) is 3. The first-order valence-electron chi connectivity index (χ1n) is 8.67. The molecule has 0 atom stereocenters. The predicted molar refractivity (Wildman–Crippen MR) is 99.1 cm³/mol. The summed E-state index contributed by atoms with van der Waals surface area (Å²) in [4.78, 5) is 21.4. The Morgan fingerprint density at radius 1 is 1.36 bits per heavy atom. The van der Waals surface area contributed by atoms with Gasteiger partial charge < -0.3 is 20.4 Å². The van der Waals surface area contributed by atoms with Crippen LogP contribution >= 0.6 is 0 Å². The van der Waals surface area contributed by atoms with Crippen LogP contribution in [0.3, 0.4) is 0 Å². The van der Waals surface area contributed by atoms with Gasteiger partial charge in [-0.2, -0.15) is 0 Å². The number of nitrogens with zero attached hydrogens (tertiary/aromatic N) is 2. The molecule has 1 aromatic heterocycles. The SMILES string of the molecule is CN=C(N)NC(=O)c1cc2ccc(OCCCN3CCCC3)cc2[nH]1. The summed E-state index contributed by atoms with van der Waals surface area (Å²) in [5, 5.41) is 3.46. The number of hydrogen-bond acceptors (Lipinski definition) is 4. The van der Waals surface area contributed by atoms with E-state index in [2.05, 4.69) is 20.2 Å². The molecule has 7 nitrogen and oxygen atoms in total. The standard InChI is InChI=1S/C18H25N5O2/c1-20-18(19)22-17(24)16-11-13-5-6-14(12-15(13)21-16)25-10-4-9-23-7-2-3-8-23/h5-6,11-12,21H,2-4,7-10H2,1H3,(H3,19,20,22,24). The van der Waals surface area contributed by atoms with Gasteiger partial charge in [0.25, 0.3) is 5.91 Å². The van der Waals surface area contributed by atoms with Crippen LogP contribution < -0.4 is 15.8 Å². The predicted octanol–water partition coefficient (Wildman–Crippen LogP) is 1.71. The summed E-state index contributed by atoms with van der Waals surface area (Å²) >= 11 is 0. The number of likely N-dealkylation sites (tertiary alicyclic amines) is 1. The van der Waals surface area contributed by atoms with Crippen molar-refractivity contribution in [3.05, 3.63) is 30.0 Å². The van der Waals surface area contributed by atoms with Crippen molar-refractivity contribution in [1.29, 1.82) is 0 Å². The van der Waals surface area contributed by atoms with Gasteiger partial charge in [0.15, 0.2) is 5.96 Å². The van der Waals surface area contributed by atoms with Crippen LogP contribution in [0.4, 0.5) is 0 Å². The molecule has 0 saturated carbocycles. The molecule has 1 aromatic carbocycles. The van der Waals surface area contributed by atoms with Gasteiger partial charge in [0.05, 0.1) is 6.61 Å². The molecule has 0 radical (unpaired) electrons. The van der Waals surface area contributed by atoms with Crippen LogP contribution in [0.5, 0.6) is 5.75 Å². The first kappa shape index (κ1) is 17.3. The lowest BCUT2D eigenvalue weighted by molar-refractivity contribution is 0.0972. The number of aromatic nitrogens is 1. The summed E-state index contributed by atoms with van der Waals surface area (Å²) in [6.45, 7) is 4.22. The maximum Gasteiger partial charge on any atom is 0.274 e. The molecular weight excluding hydrogens is 318 g/mol. The summed E-state index contributed by atoms with van der Waals surface area (Å²) in [6, 6.07) is 7.56. The van der Waals surface area contributed by atoms with E-state index in [-0.39, 0.29) is 11.9 Å². The number of nitrogens with one attached hydrogen (secondary N) is 2. The zero-order valence-corrected chi connectivity index (χ0v) is 14.5. The first-order valence-corrected chi connectivity index (χ1v) is 8.67. The highest BCUT2D eigenvalue weighted by atomic mass is 16.5. The molecule has 0 bridgehead atoms. The summed E-state index contributed by atoms with van der Waals surface area (Å²) in [5.74, 6) is 0.579. The molecule has 7 heteroatoms. The van der Waals surface area contributed by atoms with Crippen molar-refractivity contribution in [2.75, 3.05) is 33.3 Å². The quantitative estimate of drug-likeness (QED) is 0.423. The molecule has 1 aliphatic heterocycles. The molecule has 134 valence electrons. The van der Waals surface area contributed by atoms with Crippen LogP contribution in [-0.4, -0.2) is 55.0 Å². The average molecular weight is 343 g/mol. The molecule has 4 N–H and O–H groups in total. The number of benzene rings is 1.